The summed E-state index contributed by atoms with van der Waals surface area (Å²) >= 11 is 4.64. The summed E-state index contributed by atoms with van der Waals surface area (Å²) in [4.78, 5) is 13.3. The van der Waals surface area contributed by atoms with Crippen molar-refractivity contribution in [2.45, 2.75) is 29.4 Å². The Balaban J connectivity index is 1.91. The normalized spacial score (nSPS) is 21.4. The maximum Gasteiger partial charge on any atom is 0.270 e. The van der Waals surface area contributed by atoms with Crippen molar-refractivity contribution in [2.24, 2.45) is 0 Å². The molecule has 2 aromatic carbocycles. The van der Waals surface area contributed by atoms with E-state index in [0.717, 1.165) is 27.8 Å². The number of anilines is 1. The number of fused-ring (bicyclic) bond motifs is 2. The van der Waals surface area contributed by atoms with Gasteiger partial charge in [0.05, 0.1) is 10.3 Å². The van der Waals surface area contributed by atoms with E-state index in [2.05, 4.69) is 94.3 Å². The molecule has 5 nitrogen and oxygen atoms in total. The molecule has 28 heavy (non-hydrogen) atoms. The van der Waals surface area contributed by atoms with Crippen molar-refractivity contribution in [3.63, 3.8) is 0 Å². The quantitative estimate of drug-likeness (QED) is 0.191. The summed E-state index contributed by atoms with van der Waals surface area (Å²) in [6.45, 7) is 5.28. The van der Waals surface area contributed by atoms with Crippen LogP contribution in [0.2, 0.25) is 0 Å². The zero-order chi connectivity index (χ0) is 20.1. The number of ether oxygens (including phenoxy) is 1. The summed E-state index contributed by atoms with van der Waals surface area (Å²) in [6.07, 6.45) is 4.08. The molecule has 2 aliphatic rings. The van der Waals surface area contributed by atoms with E-state index in [1.165, 1.54) is 11.3 Å². The summed E-state index contributed by atoms with van der Waals surface area (Å²) in [5.41, 5.74) is 3.23. The molecule has 0 saturated carbocycles. The minimum Gasteiger partial charge on any atom is -0.462 e. The van der Waals surface area contributed by atoms with Gasteiger partial charge in [-0.2, -0.15) is 0 Å². The van der Waals surface area contributed by atoms with Crippen LogP contribution in [0.4, 0.5) is 11.4 Å². The Morgan fingerprint density at radius 1 is 1.21 bits per heavy atom. The Morgan fingerprint density at radius 3 is 2.64 bits per heavy atom. The zero-order valence-corrected chi connectivity index (χ0v) is 19.9. The zero-order valence-electron chi connectivity index (χ0n) is 15.6. The van der Waals surface area contributed by atoms with E-state index in [-0.39, 0.29) is 16.0 Å². The van der Waals surface area contributed by atoms with Crippen molar-refractivity contribution < 1.29 is 9.66 Å². The van der Waals surface area contributed by atoms with Gasteiger partial charge in [0.2, 0.25) is 5.72 Å². The molecule has 1 spiro atoms. The maximum absolute atomic E-state index is 11.3. The fraction of sp³-hybridized carbons (Fsp3) is 0.333. The molecule has 4 rings (SSSR count). The van der Waals surface area contributed by atoms with Crippen molar-refractivity contribution in [2.75, 3.05) is 15.9 Å². The fourth-order valence-corrected chi connectivity index (χ4v) is 5.39. The smallest absolute Gasteiger partial charge is 0.270 e. The van der Waals surface area contributed by atoms with Gasteiger partial charge in [0.15, 0.2) is 0 Å². The fourth-order valence-electron chi connectivity index (χ4n) is 4.34. The van der Waals surface area contributed by atoms with Gasteiger partial charge in [-0.15, -0.1) is 0 Å². The van der Waals surface area contributed by atoms with Crippen LogP contribution >= 0.6 is 45.2 Å². The number of alkyl halides is 2. The lowest BCUT2D eigenvalue weighted by atomic mass is 9.76. The molecule has 0 radical (unpaired) electrons. The van der Waals surface area contributed by atoms with E-state index in [1.54, 1.807) is 12.1 Å². The Labute approximate surface area is 191 Å². The number of hydrogen-bond acceptors (Lipinski definition) is 4. The molecule has 2 heterocycles. The molecule has 0 aliphatic carbocycles. The first-order chi connectivity index (χ1) is 13.4. The molecular formula is C21H20I2N2O3. The molecule has 7 heteroatoms. The van der Waals surface area contributed by atoms with Crippen LogP contribution in [0.5, 0.6) is 5.75 Å². The summed E-state index contributed by atoms with van der Waals surface area (Å²) < 4.78 is 8.42. The highest BCUT2D eigenvalue weighted by molar-refractivity contribution is 14.1. The van der Waals surface area contributed by atoms with Gasteiger partial charge in [-0.05, 0) is 37.6 Å². The topological polar surface area (TPSA) is 55.6 Å². The number of nitro benzene ring substituents is 1. The van der Waals surface area contributed by atoms with Gasteiger partial charge in [-0.25, -0.2) is 0 Å². The van der Waals surface area contributed by atoms with Crippen molar-refractivity contribution in [1.82, 2.24) is 0 Å². The van der Waals surface area contributed by atoms with E-state index in [0.29, 0.717) is 4.43 Å². The average Bonchev–Trinajstić information content (AvgIpc) is 2.86. The van der Waals surface area contributed by atoms with Crippen molar-refractivity contribution in [1.29, 1.82) is 0 Å². The molecule has 1 atom stereocenters. The van der Waals surface area contributed by atoms with Gasteiger partial charge >= 0.3 is 0 Å². The molecule has 1 unspecified atom stereocenters. The van der Waals surface area contributed by atoms with Crippen LogP contribution < -0.4 is 9.64 Å². The molecule has 0 saturated heterocycles. The molecule has 146 valence electrons. The van der Waals surface area contributed by atoms with Crippen molar-refractivity contribution >= 4 is 62.6 Å². The highest BCUT2D eigenvalue weighted by Gasteiger charge is 2.58. The van der Waals surface area contributed by atoms with Gasteiger partial charge in [0.25, 0.3) is 5.69 Å². The van der Waals surface area contributed by atoms with Crippen LogP contribution in [-0.4, -0.2) is 21.6 Å². The lowest BCUT2D eigenvalue weighted by Crippen LogP contribution is -2.60. The average molecular weight is 602 g/mol. The molecule has 0 amide bonds. The van der Waals surface area contributed by atoms with Gasteiger partial charge in [0.1, 0.15) is 5.75 Å². The molecule has 0 aromatic heterocycles. The number of halogens is 2. The number of nitro groups is 1. The van der Waals surface area contributed by atoms with E-state index >= 15 is 0 Å². The van der Waals surface area contributed by atoms with Gasteiger partial charge in [-0.1, -0.05) is 63.4 Å². The highest BCUT2D eigenvalue weighted by atomic mass is 127. The summed E-state index contributed by atoms with van der Waals surface area (Å²) in [5, 5.41) is 11.3. The monoisotopic (exact) mass is 602 g/mol. The first-order valence-corrected chi connectivity index (χ1v) is 12.1. The Morgan fingerprint density at radius 2 is 1.96 bits per heavy atom. The second kappa shape index (κ2) is 7.16. The lowest BCUT2D eigenvalue weighted by Gasteiger charge is -2.47. The van der Waals surface area contributed by atoms with E-state index < -0.39 is 5.72 Å². The molecule has 2 aromatic rings. The van der Waals surface area contributed by atoms with Crippen LogP contribution in [0.1, 0.15) is 30.5 Å². The lowest BCUT2D eigenvalue weighted by molar-refractivity contribution is -0.384. The Kier molecular flexibility index (Phi) is 5.09. The first-order valence-electron chi connectivity index (χ1n) is 9.04. The minimum absolute atomic E-state index is 0.104. The third-order valence-electron chi connectivity index (χ3n) is 5.75. The Hall–Kier alpha value is -1.36. The number of hydrogen-bond donors (Lipinski definition) is 0. The summed E-state index contributed by atoms with van der Waals surface area (Å²) in [6, 6.07) is 11.7. The second-order valence-electron chi connectivity index (χ2n) is 7.53. The third-order valence-corrected chi connectivity index (χ3v) is 7.06. The third kappa shape index (κ3) is 2.76. The molecule has 0 fully saturated rings. The predicted molar refractivity (Wildman–Crippen MR) is 129 cm³/mol. The maximum atomic E-state index is 11.3. The second-order valence-corrected chi connectivity index (χ2v) is 9.37. The van der Waals surface area contributed by atoms with Crippen LogP contribution in [0.25, 0.3) is 6.08 Å². The van der Waals surface area contributed by atoms with Crippen LogP contribution in [-0.2, 0) is 9.84 Å². The SMILES string of the molecule is CC1(C)c2ccccc2N(CCI)C12C=Cc1cc([N+](=O)[O-])cc(CI)c1O2. The Bertz CT molecular complexity index is 990. The summed E-state index contributed by atoms with van der Waals surface area (Å²) in [7, 11) is 0. The molecule has 0 bridgehead atoms. The van der Waals surface area contributed by atoms with Gasteiger partial charge in [0, 0.05) is 44.3 Å². The standard InChI is InChI=1S/C21H20I2N2O3/c1-20(2)17-5-3-4-6-18(17)24(10-9-22)21(20)8-7-14-11-16(25(26)27)12-15(13-23)19(14)28-21/h3-8,11-12H,9-10,13H2,1-2H3. The van der Waals surface area contributed by atoms with Gasteiger partial charge in [-0.3, -0.25) is 10.1 Å². The van der Waals surface area contributed by atoms with E-state index in [4.69, 9.17) is 4.74 Å². The largest absolute Gasteiger partial charge is 0.462 e. The summed E-state index contributed by atoms with van der Waals surface area (Å²) in [5.74, 6) is 0.752. The van der Waals surface area contributed by atoms with Crippen LogP contribution in [0, 0.1) is 10.1 Å². The number of nitrogens with zero attached hydrogens (tertiary/aromatic N) is 2. The highest BCUT2D eigenvalue weighted by Crippen LogP contribution is 2.55. The van der Waals surface area contributed by atoms with E-state index in [9.17, 15) is 10.1 Å². The van der Waals surface area contributed by atoms with Crippen LogP contribution in [0.3, 0.4) is 0 Å². The first kappa shape index (κ1) is 19.9. The number of rotatable bonds is 4. The van der Waals surface area contributed by atoms with Crippen molar-refractivity contribution in [3.8, 4) is 5.75 Å². The molecule has 2 aliphatic heterocycles. The minimum atomic E-state index is -0.661. The van der Waals surface area contributed by atoms with Gasteiger partial charge < -0.3 is 9.64 Å². The van der Waals surface area contributed by atoms with E-state index in [1.807, 2.05) is 6.08 Å². The molecule has 0 N–H and O–H groups in total. The van der Waals surface area contributed by atoms with Crippen molar-refractivity contribution in [3.05, 3.63) is 69.3 Å². The number of non-ortho nitro benzene ring substituents is 1. The number of para-hydroxylation sites is 1. The predicted octanol–water partition coefficient (Wildman–Crippen LogP) is 5.86. The number of benzene rings is 2. The van der Waals surface area contributed by atoms with Crippen LogP contribution in [0.15, 0.2) is 42.5 Å². The molecular weight excluding hydrogens is 582 g/mol.